The second-order valence-electron chi connectivity index (χ2n) is 8.06. The van der Waals surface area contributed by atoms with Crippen LogP contribution in [0.1, 0.15) is 28.2 Å². The molecule has 3 aromatic rings. The summed E-state index contributed by atoms with van der Waals surface area (Å²) in [4.78, 5) is 36.3. The number of rotatable bonds is 6. The van der Waals surface area contributed by atoms with E-state index in [4.69, 9.17) is 4.74 Å². The molecule has 0 bridgehead atoms. The second kappa shape index (κ2) is 9.11. The number of hydrogen-bond donors (Lipinski definition) is 2. The minimum atomic E-state index is -0.411. The molecule has 2 heterocycles. The molecule has 1 saturated heterocycles. The van der Waals surface area contributed by atoms with Gasteiger partial charge in [-0.15, -0.1) is 0 Å². The molecule has 2 aliphatic rings. The number of amides is 3. The van der Waals surface area contributed by atoms with Gasteiger partial charge in [0.25, 0.3) is 5.24 Å². The molecule has 3 amide bonds. The van der Waals surface area contributed by atoms with Gasteiger partial charge in [-0.05, 0) is 36.1 Å². The van der Waals surface area contributed by atoms with Crippen molar-refractivity contribution in [3.05, 3.63) is 95.1 Å². The van der Waals surface area contributed by atoms with Crippen LogP contribution < -0.4 is 15.4 Å². The third-order valence-electron chi connectivity index (χ3n) is 5.87. The largest absolute Gasteiger partial charge is 0.457 e. The molecule has 0 unspecified atom stereocenters. The zero-order valence-corrected chi connectivity index (χ0v) is 18.6. The highest BCUT2D eigenvalue weighted by Gasteiger charge is 2.32. The first kappa shape index (κ1) is 21.3. The Morgan fingerprint density at radius 1 is 0.879 bits per heavy atom. The molecule has 7 heteroatoms. The maximum Gasteiger partial charge on any atom is 0.286 e. The molecule has 5 rings (SSSR count). The van der Waals surface area contributed by atoms with Crippen molar-refractivity contribution in [3.63, 3.8) is 0 Å². The molecule has 1 fully saturated rings. The molecule has 166 valence electrons. The van der Waals surface area contributed by atoms with Gasteiger partial charge in [0.1, 0.15) is 11.5 Å². The minimum absolute atomic E-state index is 0.0521. The predicted molar refractivity (Wildman–Crippen MR) is 127 cm³/mol. The summed E-state index contributed by atoms with van der Waals surface area (Å²) in [6, 6.07) is 23.2. The van der Waals surface area contributed by atoms with Gasteiger partial charge in [-0.2, -0.15) is 0 Å². The summed E-state index contributed by atoms with van der Waals surface area (Å²) >= 11 is 1.04. The van der Waals surface area contributed by atoms with Crippen LogP contribution >= 0.6 is 11.8 Å². The Labute approximate surface area is 195 Å². The summed E-state index contributed by atoms with van der Waals surface area (Å²) in [6.07, 6.45) is 1.21. The molecular weight excluding hydrogens is 436 g/mol. The standard InChI is InChI=1S/C26H22N2O4S/c29-24-22(33-26(31)28-24)15-17-11-9-16(10-12-17)13-14-27-25(30)23-18-5-1-3-7-20(18)32-21-8-4-2-6-19(21)23/h1-12,22-23H,13-15H2,(H,27,30)(H,28,29,31)/t22-/m0/s1. The van der Waals surface area contributed by atoms with E-state index in [1.54, 1.807) is 0 Å². The molecule has 0 aliphatic carbocycles. The minimum Gasteiger partial charge on any atom is -0.457 e. The Bertz CT molecular complexity index is 1180. The molecule has 0 spiro atoms. The lowest BCUT2D eigenvalue weighted by Gasteiger charge is -2.27. The highest BCUT2D eigenvalue weighted by atomic mass is 32.2. The van der Waals surface area contributed by atoms with Gasteiger partial charge in [-0.1, -0.05) is 72.4 Å². The van der Waals surface area contributed by atoms with Crippen LogP contribution in [0.2, 0.25) is 0 Å². The number of nitrogens with one attached hydrogen (secondary N) is 2. The normalized spacial score (nSPS) is 17.0. The smallest absolute Gasteiger partial charge is 0.286 e. The Kier molecular flexibility index (Phi) is 5.88. The van der Waals surface area contributed by atoms with Gasteiger partial charge >= 0.3 is 0 Å². The Morgan fingerprint density at radius 3 is 2.09 bits per heavy atom. The maximum absolute atomic E-state index is 13.2. The van der Waals surface area contributed by atoms with Gasteiger partial charge in [0, 0.05) is 17.7 Å². The van der Waals surface area contributed by atoms with E-state index in [-0.39, 0.29) is 22.3 Å². The molecule has 0 saturated carbocycles. The van der Waals surface area contributed by atoms with E-state index in [1.165, 1.54) is 0 Å². The van der Waals surface area contributed by atoms with E-state index in [1.807, 2.05) is 72.8 Å². The van der Waals surface area contributed by atoms with Crippen molar-refractivity contribution in [2.24, 2.45) is 0 Å². The van der Waals surface area contributed by atoms with Crippen LogP contribution in [0, 0.1) is 0 Å². The van der Waals surface area contributed by atoms with E-state index in [0.29, 0.717) is 30.9 Å². The fourth-order valence-corrected chi connectivity index (χ4v) is 5.07. The average molecular weight is 459 g/mol. The summed E-state index contributed by atoms with van der Waals surface area (Å²) in [5.41, 5.74) is 3.82. The summed E-state index contributed by atoms with van der Waals surface area (Å²) in [5, 5.41) is 4.74. The zero-order valence-electron chi connectivity index (χ0n) is 17.7. The molecule has 0 radical (unpaired) electrons. The molecule has 2 aliphatic heterocycles. The van der Waals surface area contributed by atoms with Gasteiger partial charge in [-0.3, -0.25) is 19.7 Å². The molecule has 3 aromatic carbocycles. The van der Waals surface area contributed by atoms with E-state index in [9.17, 15) is 14.4 Å². The van der Waals surface area contributed by atoms with E-state index >= 15 is 0 Å². The third kappa shape index (κ3) is 4.50. The van der Waals surface area contributed by atoms with Crippen LogP contribution in [0.5, 0.6) is 11.5 Å². The molecule has 0 aromatic heterocycles. The fourth-order valence-electron chi connectivity index (χ4n) is 4.21. The van der Waals surface area contributed by atoms with Gasteiger partial charge in [0.15, 0.2) is 0 Å². The van der Waals surface area contributed by atoms with Crippen LogP contribution in [-0.4, -0.2) is 28.8 Å². The highest BCUT2D eigenvalue weighted by molar-refractivity contribution is 8.15. The molecule has 33 heavy (non-hydrogen) atoms. The van der Waals surface area contributed by atoms with Crippen molar-refractivity contribution < 1.29 is 19.1 Å². The molecule has 1 atom stereocenters. The Balaban J connectivity index is 1.21. The number of para-hydroxylation sites is 2. The van der Waals surface area contributed by atoms with E-state index in [0.717, 1.165) is 34.0 Å². The van der Waals surface area contributed by atoms with Gasteiger partial charge in [0.2, 0.25) is 11.8 Å². The average Bonchev–Trinajstić information content (AvgIpc) is 3.14. The first-order valence-corrected chi connectivity index (χ1v) is 11.7. The number of fused-ring (bicyclic) bond motifs is 2. The maximum atomic E-state index is 13.2. The first-order valence-electron chi connectivity index (χ1n) is 10.8. The number of hydrogen-bond acceptors (Lipinski definition) is 5. The lowest BCUT2D eigenvalue weighted by atomic mass is 9.87. The van der Waals surface area contributed by atoms with Crippen molar-refractivity contribution in [2.75, 3.05) is 6.54 Å². The lowest BCUT2D eigenvalue weighted by Crippen LogP contribution is -2.33. The van der Waals surface area contributed by atoms with Gasteiger partial charge < -0.3 is 10.1 Å². The molecule has 2 N–H and O–H groups in total. The number of ether oxygens (including phenoxy) is 1. The van der Waals surface area contributed by atoms with Crippen molar-refractivity contribution in [1.82, 2.24) is 10.6 Å². The Hall–Kier alpha value is -3.58. The van der Waals surface area contributed by atoms with E-state index in [2.05, 4.69) is 10.6 Å². The molecular formula is C26H22N2O4S. The molecule has 6 nitrogen and oxygen atoms in total. The van der Waals surface area contributed by atoms with Crippen LogP contribution in [0.3, 0.4) is 0 Å². The van der Waals surface area contributed by atoms with Crippen molar-refractivity contribution in [3.8, 4) is 11.5 Å². The summed E-state index contributed by atoms with van der Waals surface area (Å²) in [6.45, 7) is 0.509. The first-order chi connectivity index (χ1) is 16.1. The lowest BCUT2D eigenvalue weighted by molar-refractivity contribution is -0.122. The second-order valence-corrected chi connectivity index (χ2v) is 9.23. The summed E-state index contributed by atoms with van der Waals surface area (Å²) in [5.74, 6) is 0.730. The van der Waals surface area contributed by atoms with Crippen molar-refractivity contribution in [2.45, 2.75) is 24.0 Å². The number of benzene rings is 3. The quantitative estimate of drug-likeness (QED) is 0.579. The number of thioether (sulfide) groups is 1. The van der Waals surface area contributed by atoms with Crippen LogP contribution in [0.25, 0.3) is 0 Å². The summed E-state index contributed by atoms with van der Waals surface area (Å²) in [7, 11) is 0. The number of carbonyl (C=O) groups excluding carboxylic acids is 3. The van der Waals surface area contributed by atoms with Gasteiger partial charge in [-0.25, -0.2) is 0 Å². The zero-order chi connectivity index (χ0) is 22.8. The monoisotopic (exact) mass is 458 g/mol. The third-order valence-corrected chi connectivity index (χ3v) is 6.85. The SMILES string of the molecule is O=C1NC(=O)[C@H](Cc2ccc(CCNC(=O)C3c4ccccc4Oc4ccccc43)cc2)S1. The number of carbonyl (C=O) groups is 3. The van der Waals surface area contributed by atoms with Crippen LogP contribution in [0.15, 0.2) is 72.8 Å². The highest BCUT2D eigenvalue weighted by Crippen LogP contribution is 2.43. The fraction of sp³-hybridized carbons (Fsp3) is 0.192. The van der Waals surface area contributed by atoms with Crippen LogP contribution in [0.4, 0.5) is 4.79 Å². The van der Waals surface area contributed by atoms with Gasteiger partial charge in [0.05, 0.1) is 11.2 Å². The Morgan fingerprint density at radius 2 is 1.48 bits per heavy atom. The predicted octanol–water partition coefficient (Wildman–Crippen LogP) is 4.18. The van der Waals surface area contributed by atoms with E-state index < -0.39 is 5.92 Å². The topological polar surface area (TPSA) is 84.5 Å². The van der Waals surface area contributed by atoms with Crippen molar-refractivity contribution >= 4 is 28.8 Å². The number of imide groups is 1. The van der Waals surface area contributed by atoms with Crippen LogP contribution in [-0.2, 0) is 22.4 Å². The summed E-state index contributed by atoms with van der Waals surface area (Å²) < 4.78 is 5.98. The van der Waals surface area contributed by atoms with Crippen molar-refractivity contribution in [1.29, 1.82) is 0 Å².